The molecule has 0 bridgehead atoms. The van der Waals surface area contributed by atoms with Crippen LogP contribution in [-0.4, -0.2) is 17.8 Å². The standard InChI is InChI=1S/C14H18ClNO/c15-12-5-3-11(4-6-12)14(9-17,10-1-2-10)16-13-7-8-13/h3-6,10,13,16-17H,1-2,7-9H2. The zero-order valence-electron chi connectivity index (χ0n) is 9.82. The van der Waals surface area contributed by atoms with Gasteiger partial charge in [-0.15, -0.1) is 0 Å². The maximum atomic E-state index is 9.89. The van der Waals surface area contributed by atoms with E-state index in [0.717, 1.165) is 5.02 Å². The van der Waals surface area contributed by atoms with Crippen LogP contribution in [0, 0.1) is 5.92 Å². The third-order valence-electron chi connectivity index (χ3n) is 3.92. The van der Waals surface area contributed by atoms with Crippen LogP contribution in [0.15, 0.2) is 24.3 Å². The van der Waals surface area contributed by atoms with Crippen LogP contribution in [0.2, 0.25) is 5.02 Å². The van der Waals surface area contributed by atoms with Crippen molar-refractivity contribution < 1.29 is 5.11 Å². The third kappa shape index (κ3) is 2.22. The Morgan fingerprint density at radius 1 is 1.18 bits per heavy atom. The Bertz CT molecular complexity index is 397. The van der Waals surface area contributed by atoms with Gasteiger partial charge in [-0.2, -0.15) is 0 Å². The summed E-state index contributed by atoms with van der Waals surface area (Å²) in [7, 11) is 0. The first-order chi connectivity index (χ1) is 8.24. The number of hydrogen-bond donors (Lipinski definition) is 2. The van der Waals surface area contributed by atoms with Crippen molar-refractivity contribution in [2.24, 2.45) is 5.92 Å². The topological polar surface area (TPSA) is 32.3 Å². The van der Waals surface area contributed by atoms with E-state index in [4.69, 9.17) is 11.6 Å². The highest BCUT2D eigenvalue weighted by atomic mass is 35.5. The number of rotatable bonds is 5. The molecule has 0 amide bonds. The van der Waals surface area contributed by atoms with Gasteiger partial charge in [0.15, 0.2) is 0 Å². The average Bonchev–Trinajstić information content (AvgIpc) is 3.19. The van der Waals surface area contributed by atoms with Crippen molar-refractivity contribution in [3.8, 4) is 0 Å². The monoisotopic (exact) mass is 251 g/mol. The fraction of sp³-hybridized carbons (Fsp3) is 0.571. The Hall–Kier alpha value is -0.570. The Morgan fingerprint density at radius 2 is 1.82 bits per heavy atom. The first-order valence-electron chi connectivity index (χ1n) is 6.39. The quantitative estimate of drug-likeness (QED) is 0.843. The van der Waals surface area contributed by atoms with E-state index in [1.54, 1.807) is 0 Å². The van der Waals surface area contributed by atoms with Gasteiger partial charge in [-0.1, -0.05) is 23.7 Å². The maximum Gasteiger partial charge on any atom is 0.0699 e. The number of aliphatic hydroxyl groups is 1. The van der Waals surface area contributed by atoms with Gasteiger partial charge < -0.3 is 10.4 Å². The summed E-state index contributed by atoms with van der Waals surface area (Å²) in [6.45, 7) is 0.176. The second-order valence-corrected chi connectivity index (χ2v) is 5.77. The van der Waals surface area contributed by atoms with Gasteiger partial charge >= 0.3 is 0 Å². The van der Waals surface area contributed by atoms with Crippen molar-refractivity contribution in [3.63, 3.8) is 0 Å². The Labute approximate surface area is 107 Å². The Balaban J connectivity index is 1.92. The molecule has 0 spiro atoms. The molecular formula is C14H18ClNO. The van der Waals surface area contributed by atoms with Gasteiger partial charge in [-0.3, -0.25) is 0 Å². The highest BCUT2D eigenvalue weighted by molar-refractivity contribution is 6.30. The summed E-state index contributed by atoms with van der Waals surface area (Å²) in [5.74, 6) is 0.578. The van der Waals surface area contributed by atoms with Gasteiger partial charge in [0.25, 0.3) is 0 Å². The van der Waals surface area contributed by atoms with Crippen molar-refractivity contribution in [1.82, 2.24) is 5.32 Å². The summed E-state index contributed by atoms with van der Waals surface area (Å²) in [4.78, 5) is 0. The fourth-order valence-electron chi connectivity index (χ4n) is 2.62. The smallest absolute Gasteiger partial charge is 0.0699 e. The lowest BCUT2D eigenvalue weighted by atomic mass is 9.85. The second kappa shape index (κ2) is 4.27. The van der Waals surface area contributed by atoms with Crippen LogP contribution in [0.3, 0.4) is 0 Å². The third-order valence-corrected chi connectivity index (χ3v) is 4.17. The van der Waals surface area contributed by atoms with Gasteiger partial charge in [0, 0.05) is 11.1 Å². The summed E-state index contributed by atoms with van der Waals surface area (Å²) in [6.07, 6.45) is 4.90. The molecule has 2 aliphatic rings. The molecule has 1 aromatic rings. The molecule has 1 unspecified atom stereocenters. The number of benzene rings is 1. The van der Waals surface area contributed by atoms with Gasteiger partial charge in [-0.25, -0.2) is 0 Å². The van der Waals surface area contributed by atoms with E-state index in [1.165, 1.54) is 31.2 Å². The molecule has 0 saturated heterocycles. The van der Waals surface area contributed by atoms with Crippen molar-refractivity contribution in [3.05, 3.63) is 34.9 Å². The molecule has 0 heterocycles. The second-order valence-electron chi connectivity index (χ2n) is 5.33. The van der Waals surface area contributed by atoms with Gasteiger partial charge in [0.2, 0.25) is 0 Å². The van der Waals surface area contributed by atoms with E-state index in [9.17, 15) is 5.11 Å². The first-order valence-corrected chi connectivity index (χ1v) is 6.77. The number of hydrogen-bond acceptors (Lipinski definition) is 2. The highest BCUT2D eigenvalue weighted by Crippen LogP contribution is 2.47. The fourth-order valence-corrected chi connectivity index (χ4v) is 2.74. The normalized spacial score (nSPS) is 23.4. The zero-order valence-corrected chi connectivity index (χ0v) is 10.6. The number of halogens is 1. The van der Waals surface area contributed by atoms with Crippen LogP contribution in [-0.2, 0) is 5.54 Å². The summed E-state index contributed by atoms with van der Waals surface area (Å²) in [6, 6.07) is 8.52. The number of aliphatic hydroxyl groups excluding tert-OH is 1. The Kier molecular flexibility index (Phi) is 2.89. The van der Waals surface area contributed by atoms with Crippen LogP contribution >= 0.6 is 11.6 Å². The molecule has 2 N–H and O–H groups in total. The first kappa shape index (κ1) is 11.5. The van der Waals surface area contributed by atoms with E-state index in [0.29, 0.717) is 12.0 Å². The van der Waals surface area contributed by atoms with Gasteiger partial charge in [0.1, 0.15) is 0 Å². The van der Waals surface area contributed by atoms with E-state index in [1.807, 2.05) is 24.3 Å². The van der Waals surface area contributed by atoms with Crippen molar-refractivity contribution >= 4 is 11.6 Å². The van der Waals surface area contributed by atoms with E-state index in [-0.39, 0.29) is 12.1 Å². The minimum atomic E-state index is -0.230. The molecule has 2 nitrogen and oxygen atoms in total. The van der Waals surface area contributed by atoms with Crippen LogP contribution in [0.1, 0.15) is 31.2 Å². The molecular weight excluding hydrogens is 234 g/mol. The van der Waals surface area contributed by atoms with Gasteiger partial charge in [-0.05, 0) is 49.3 Å². The molecule has 17 heavy (non-hydrogen) atoms. The molecule has 0 aliphatic heterocycles. The SMILES string of the molecule is OCC(NC1CC1)(c1ccc(Cl)cc1)C1CC1. The zero-order chi connectivity index (χ0) is 11.9. The van der Waals surface area contributed by atoms with Crippen molar-refractivity contribution in [1.29, 1.82) is 0 Å². The lowest BCUT2D eigenvalue weighted by Gasteiger charge is -2.34. The molecule has 3 heteroatoms. The molecule has 2 saturated carbocycles. The van der Waals surface area contributed by atoms with E-state index in [2.05, 4.69) is 5.32 Å². The van der Waals surface area contributed by atoms with E-state index >= 15 is 0 Å². The van der Waals surface area contributed by atoms with Gasteiger partial charge in [0.05, 0.1) is 12.1 Å². The average molecular weight is 252 g/mol. The van der Waals surface area contributed by atoms with Crippen LogP contribution < -0.4 is 5.32 Å². The maximum absolute atomic E-state index is 9.89. The van der Waals surface area contributed by atoms with Crippen LogP contribution in [0.5, 0.6) is 0 Å². The Morgan fingerprint density at radius 3 is 2.29 bits per heavy atom. The summed E-state index contributed by atoms with van der Waals surface area (Å²) < 4.78 is 0. The summed E-state index contributed by atoms with van der Waals surface area (Å²) >= 11 is 5.94. The summed E-state index contributed by atoms with van der Waals surface area (Å²) in [5, 5.41) is 14.3. The molecule has 3 rings (SSSR count). The minimum absolute atomic E-state index is 0.176. The molecule has 92 valence electrons. The van der Waals surface area contributed by atoms with Crippen LogP contribution in [0.4, 0.5) is 0 Å². The van der Waals surface area contributed by atoms with E-state index < -0.39 is 0 Å². The lowest BCUT2D eigenvalue weighted by molar-refractivity contribution is 0.137. The van der Waals surface area contributed by atoms with Crippen molar-refractivity contribution in [2.75, 3.05) is 6.61 Å². The molecule has 0 aromatic heterocycles. The molecule has 2 fully saturated rings. The van der Waals surface area contributed by atoms with Crippen molar-refractivity contribution in [2.45, 2.75) is 37.3 Å². The molecule has 1 aromatic carbocycles. The molecule has 2 aliphatic carbocycles. The molecule has 1 atom stereocenters. The predicted octanol–water partition coefficient (Wildman–Crippen LogP) is 2.69. The van der Waals surface area contributed by atoms with Crippen LogP contribution in [0.25, 0.3) is 0 Å². The lowest BCUT2D eigenvalue weighted by Crippen LogP contribution is -2.48. The minimum Gasteiger partial charge on any atom is -0.394 e. The number of nitrogens with one attached hydrogen (secondary N) is 1. The molecule has 0 radical (unpaired) electrons. The summed E-state index contributed by atoms with van der Waals surface area (Å²) in [5.41, 5.74) is 0.949. The predicted molar refractivity (Wildman–Crippen MR) is 69.1 cm³/mol. The largest absolute Gasteiger partial charge is 0.394 e. The highest BCUT2D eigenvalue weighted by Gasteiger charge is 2.48.